The lowest BCUT2D eigenvalue weighted by Gasteiger charge is -2.09. The van der Waals surface area contributed by atoms with E-state index in [2.05, 4.69) is 20.6 Å². The van der Waals surface area contributed by atoms with Crippen molar-refractivity contribution in [2.45, 2.75) is 13.3 Å². The second kappa shape index (κ2) is 6.85. The third-order valence-electron chi connectivity index (χ3n) is 2.63. The number of benzene rings is 1. The van der Waals surface area contributed by atoms with E-state index in [-0.39, 0.29) is 17.3 Å². The fourth-order valence-corrected chi connectivity index (χ4v) is 1.91. The van der Waals surface area contributed by atoms with E-state index in [0.29, 0.717) is 17.3 Å². The molecule has 0 radical (unpaired) electrons. The number of nitrogens with zero attached hydrogens (tertiary/aromatic N) is 3. The van der Waals surface area contributed by atoms with Gasteiger partial charge < -0.3 is 10.6 Å². The second-order valence-electron chi connectivity index (χ2n) is 4.24. The summed E-state index contributed by atoms with van der Waals surface area (Å²) in [6, 6.07) is 6.87. The third kappa shape index (κ3) is 3.79. The molecule has 2 N–H and O–H groups in total. The molecule has 2 rings (SSSR count). The largest absolute Gasteiger partial charge is 0.364 e. The number of rotatable bonds is 6. The first kappa shape index (κ1) is 15.0. The summed E-state index contributed by atoms with van der Waals surface area (Å²) >= 11 is 5.89. The molecule has 0 fully saturated rings. The first-order valence-electron chi connectivity index (χ1n) is 6.37. The van der Waals surface area contributed by atoms with Crippen molar-refractivity contribution in [1.82, 2.24) is 9.97 Å². The fourth-order valence-electron chi connectivity index (χ4n) is 1.72. The zero-order valence-corrected chi connectivity index (χ0v) is 12.1. The summed E-state index contributed by atoms with van der Waals surface area (Å²) in [4.78, 5) is 18.6. The van der Waals surface area contributed by atoms with Gasteiger partial charge in [-0.05, 0) is 24.6 Å². The number of halogens is 1. The van der Waals surface area contributed by atoms with Crippen molar-refractivity contribution in [3.05, 3.63) is 45.7 Å². The SMILES string of the molecule is CCCNc1ncnc(Nc2cccc(Cl)c2)c1[N+](=O)[O-]. The van der Waals surface area contributed by atoms with Gasteiger partial charge in [0.1, 0.15) is 6.33 Å². The van der Waals surface area contributed by atoms with E-state index in [4.69, 9.17) is 11.6 Å². The Hall–Kier alpha value is -2.41. The molecule has 0 saturated heterocycles. The molecule has 0 amide bonds. The summed E-state index contributed by atoms with van der Waals surface area (Å²) in [6.07, 6.45) is 2.11. The summed E-state index contributed by atoms with van der Waals surface area (Å²) in [6.45, 7) is 2.56. The molecular weight excluding hydrogens is 294 g/mol. The van der Waals surface area contributed by atoms with Gasteiger partial charge in [0.2, 0.25) is 11.6 Å². The van der Waals surface area contributed by atoms with Crippen LogP contribution >= 0.6 is 11.6 Å². The van der Waals surface area contributed by atoms with Gasteiger partial charge in [-0.3, -0.25) is 10.1 Å². The quantitative estimate of drug-likeness (QED) is 0.625. The maximum absolute atomic E-state index is 11.3. The van der Waals surface area contributed by atoms with E-state index >= 15 is 0 Å². The molecule has 110 valence electrons. The summed E-state index contributed by atoms with van der Waals surface area (Å²) in [5.74, 6) is 0.317. The number of anilines is 3. The molecule has 0 aliphatic carbocycles. The number of aromatic nitrogens is 2. The number of hydrogen-bond acceptors (Lipinski definition) is 6. The average molecular weight is 308 g/mol. The molecule has 1 heterocycles. The van der Waals surface area contributed by atoms with E-state index in [1.54, 1.807) is 24.3 Å². The molecule has 0 aliphatic heterocycles. The zero-order chi connectivity index (χ0) is 15.2. The molecular formula is C13H14ClN5O2. The van der Waals surface area contributed by atoms with Gasteiger partial charge >= 0.3 is 5.69 Å². The van der Waals surface area contributed by atoms with Crippen LogP contribution in [0.1, 0.15) is 13.3 Å². The summed E-state index contributed by atoms with van der Waals surface area (Å²) in [5, 5.41) is 17.6. The van der Waals surface area contributed by atoms with Crippen molar-refractivity contribution in [2.75, 3.05) is 17.2 Å². The minimum atomic E-state index is -0.509. The lowest BCUT2D eigenvalue weighted by molar-refractivity contribution is -0.383. The maximum atomic E-state index is 11.3. The van der Waals surface area contributed by atoms with Crippen LogP contribution in [0.15, 0.2) is 30.6 Å². The Balaban J connectivity index is 2.36. The van der Waals surface area contributed by atoms with Crippen LogP contribution in [0.5, 0.6) is 0 Å². The predicted molar refractivity (Wildman–Crippen MR) is 82.2 cm³/mol. The van der Waals surface area contributed by atoms with Gasteiger partial charge in [0.15, 0.2) is 0 Å². The van der Waals surface area contributed by atoms with Gasteiger partial charge in [-0.25, -0.2) is 9.97 Å². The Bertz CT molecular complexity index is 650. The van der Waals surface area contributed by atoms with Crippen LogP contribution in [0.4, 0.5) is 23.0 Å². The van der Waals surface area contributed by atoms with Crippen LogP contribution in [0.3, 0.4) is 0 Å². The monoisotopic (exact) mass is 307 g/mol. The van der Waals surface area contributed by atoms with Crippen LogP contribution in [0.25, 0.3) is 0 Å². The van der Waals surface area contributed by atoms with E-state index < -0.39 is 4.92 Å². The molecule has 0 spiro atoms. The molecule has 1 aromatic carbocycles. The molecule has 7 nitrogen and oxygen atoms in total. The van der Waals surface area contributed by atoms with E-state index in [1.807, 2.05) is 6.92 Å². The second-order valence-corrected chi connectivity index (χ2v) is 4.68. The van der Waals surface area contributed by atoms with E-state index in [9.17, 15) is 10.1 Å². The van der Waals surface area contributed by atoms with Gasteiger partial charge in [-0.2, -0.15) is 0 Å². The molecule has 1 aromatic heterocycles. The Labute approximate surface area is 126 Å². The van der Waals surface area contributed by atoms with Gasteiger partial charge in [-0.1, -0.05) is 24.6 Å². The highest BCUT2D eigenvalue weighted by molar-refractivity contribution is 6.30. The highest BCUT2D eigenvalue weighted by Gasteiger charge is 2.22. The molecule has 21 heavy (non-hydrogen) atoms. The molecule has 0 unspecified atom stereocenters. The molecule has 8 heteroatoms. The number of hydrogen-bond donors (Lipinski definition) is 2. The van der Waals surface area contributed by atoms with Gasteiger partial charge in [0.25, 0.3) is 0 Å². The van der Waals surface area contributed by atoms with Crippen LogP contribution in [-0.2, 0) is 0 Å². The normalized spacial score (nSPS) is 10.2. The third-order valence-corrected chi connectivity index (χ3v) is 2.87. The first-order chi connectivity index (χ1) is 10.1. The van der Waals surface area contributed by atoms with Gasteiger partial charge in [0, 0.05) is 17.3 Å². The van der Waals surface area contributed by atoms with E-state index in [1.165, 1.54) is 6.33 Å². The van der Waals surface area contributed by atoms with Crippen molar-refractivity contribution in [3.63, 3.8) is 0 Å². The molecule has 0 aliphatic rings. The Morgan fingerprint density at radius 2 is 2.10 bits per heavy atom. The fraction of sp³-hybridized carbons (Fsp3) is 0.231. The summed E-state index contributed by atoms with van der Waals surface area (Å²) < 4.78 is 0. The van der Waals surface area contributed by atoms with Crippen molar-refractivity contribution in [1.29, 1.82) is 0 Å². The topological polar surface area (TPSA) is 93.0 Å². The summed E-state index contributed by atoms with van der Waals surface area (Å²) in [5.41, 5.74) is 0.427. The molecule has 0 atom stereocenters. The lowest BCUT2D eigenvalue weighted by Crippen LogP contribution is -2.08. The standard InChI is InChI=1S/C13H14ClN5O2/c1-2-6-15-12-11(19(20)21)13(17-8-16-12)18-10-5-3-4-9(14)7-10/h3-5,7-8H,2,6H2,1H3,(H2,15,16,17,18). The average Bonchev–Trinajstić information content (AvgIpc) is 2.45. The van der Waals surface area contributed by atoms with Crippen LogP contribution < -0.4 is 10.6 Å². The Morgan fingerprint density at radius 1 is 1.33 bits per heavy atom. The van der Waals surface area contributed by atoms with Gasteiger partial charge in [0.05, 0.1) is 4.92 Å². The minimum Gasteiger partial charge on any atom is -0.364 e. The molecule has 0 saturated carbocycles. The Morgan fingerprint density at radius 3 is 2.76 bits per heavy atom. The number of nitrogens with one attached hydrogen (secondary N) is 2. The van der Waals surface area contributed by atoms with Crippen LogP contribution in [0, 0.1) is 10.1 Å². The highest BCUT2D eigenvalue weighted by Crippen LogP contribution is 2.31. The van der Waals surface area contributed by atoms with Gasteiger partial charge in [-0.15, -0.1) is 0 Å². The van der Waals surface area contributed by atoms with Crippen LogP contribution in [-0.4, -0.2) is 21.4 Å². The smallest absolute Gasteiger partial charge is 0.353 e. The van der Waals surface area contributed by atoms with Crippen molar-refractivity contribution >= 4 is 34.6 Å². The van der Waals surface area contributed by atoms with E-state index in [0.717, 1.165) is 6.42 Å². The molecule has 0 bridgehead atoms. The van der Waals surface area contributed by atoms with Crippen molar-refractivity contribution in [3.8, 4) is 0 Å². The van der Waals surface area contributed by atoms with Crippen LogP contribution in [0.2, 0.25) is 5.02 Å². The zero-order valence-electron chi connectivity index (χ0n) is 11.3. The minimum absolute atomic E-state index is 0.121. The molecule has 2 aromatic rings. The highest BCUT2D eigenvalue weighted by atomic mass is 35.5. The Kier molecular flexibility index (Phi) is 4.89. The lowest BCUT2D eigenvalue weighted by atomic mass is 10.3. The number of nitro groups is 1. The summed E-state index contributed by atoms with van der Waals surface area (Å²) in [7, 11) is 0. The first-order valence-corrected chi connectivity index (χ1v) is 6.75. The predicted octanol–water partition coefficient (Wildman–Crippen LogP) is 3.60. The maximum Gasteiger partial charge on any atom is 0.353 e. The van der Waals surface area contributed by atoms with Crippen molar-refractivity contribution in [2.24, 2.45) is 0 Å². The van der Waals surface area contributed by atoms with Crippen molar-refractivity contribution < 1.29 is 4.92 Å².